The molecule has 0 aromatic heterocycles. The maximum absolute atomic E-state index is 12.9. The van der Waals surface area contributed by atoms with Crippen LogP contribution in [0.2, 0.25) is 0 Å². The Bertz CT molecular complexity index is 922. The number of aliphatic hydroxyl groups is 1. The normalized spacial score (nSPS) is 60.5. The largest absolute Gasteiger partial charge is 0.481 e. The third-order valence-electron chi connectivity index (χ3n) is 13.9. The molecule has 3 heteroatoms. The van der Waals surface area contributed by atoms with Gasteiger partial charge in [-0.05, 0) is 114 Å². The molecular weight excluding hydrogens is 408 g/mol. The van der Waals surface area contributed by atoms with Gasteiger partial charge in [-0.3, -0.25) is 4.79 Å². The lowest BCUT2D eigenvalue weighted by atomic mass is 9.36. The average molecular weight is 455 g/mol. The lowest BCUT2D eigenvalue weighted by Gasteiger charge is -2.68. The van der Waals surface area contributed by atoms with Gasteiger partial charge in [-0.1, -0.05) is 53.7 Å². The number of carboxylic acid groups (broad SMARTS) is 1. The second-order valence-corrected chi connectivity index (χ2v) is 14.8. The van der Waals surface area contributed by atoms with Gasteiger partial charge in [-0.15, -0.1) is 0 Å². The molecule has 5 saturated carbocycles. The van der Waals surface area contributed by atoms with Crippen molar-refractivity contribution < 1.29 is 15.0 Å². The molecule has 0 aromatic carbocycles. The predicted molar refractivity (Wildman–Crippen MR) is 130 cm³/mol. The summed E-state index contributed by atoms with van der Waals surface area (Å²) in [6, 6.07) is 0. The van der Waals surface area contributed by atoms with Crippen molar-refractivity contribution in [3.8, 4) is 0 Å². The van der Waals surface area contributed by atoms with Gasteiger partial charge in [0, 0.05) is 0 Å². The monoisotopic (exact) mass is 454 g/mol. The Morgan fingerprint density at radius 3 is 2.36 bits per heavy atom. The maximum Gasteiger partial charge on any atom is 0.309 e. The summed E-state index contributed by atoms with van der Waals surface area (Å²) in [6.45, 7) is 14.5. The molecule has 6 aliphatic rings. The molecule has 0 aliphatic heterocycles. The number of carboxylic acids is 1. The van der Waals surface area contributed by atoms with Crippen LogP contribution in [-0.2, 0) is 4.79 Å². The maximum atomic E-state index is 12.9. The van der Waals surface area contributed by atoms with E-state index in [1.807, 2.05) is 0 Å². The fourth-order valence-corrected chi connectivity index (χ4v) is 12.0. The molecule has 0 amide bonds. The number of hydrogen-bond donors (Lipinski definition) is 2. The van der Waals surface area contributed by atoms with Crippen LogP contribution in [-0.4, -0.2) is 22.3 Å². The number of rotatable bonds is 1. The van der Waals surface area contributed by atoms with E-state index in [4.69, 9.17) is 0 Å². The molecule has 0 radical (unpaired) electrons. The number of carbonyl (C=O) groups is 1. The summed E-state index contributed by atoms with van der Waals surface area (Å²) in [5.74, 6) is 1.94. The Morgan fingerprint density at radius 2 is 1.67 bits per heavy atom. The van der Waals surface area contributed by atoms with E-state index in [1.54, 1.807) is 0 Å². The molecule has 6 aliphatic carbocycles. The van der Waals surface area contributed by atoms with Crippen molar-refractivity contribution in [2.24, 2.45) is 62.1 Å². The van der Waals surface area contributed by atoms with Crippen molar-refractivity contribution in [3.05, 3.63) is 12.2 Å². The van der Waals surface area contributed by atoms with Gasteiger partial charge in [-0.2, -0.15) is 0 Å². The lowest BCUT2D eigenvalue weighted by Crippen LogP contribution is -2.63. The zero-order valence-corrected chi connectivity index (χ0v) is 21.8. The molecule has 184 valence electrons. The molecule has 0 heterocycles. The topological polar surface area (TPSA) is 57.5 Å². The Morgan fingerprint density at radius 1 is 0.939 bits per heavy atom. The first kappa shape index (κ1) is 22.6. The fourth-order valence-electron chi connectivity index (χ4n) is 12.0. The number of fused-ring (bicyclic) bond motifs is 4. The van der Waals surface area contributed by atoms with Crippen molar-refractivity contribution in [3.63, 3.8) is 0 Å². The van der Waals surface area contributed by atoms with Crippen LogP contribution < -0.4 is 0 Å². The molecular formula is C30H46O3. The summed E-state index contributed by atoms with van der Waals surface area (Å²) in [5, 5.41) is 21.5. The molecule has 0 aromatic rings. The van der Waals surface area contributed by atoms with E-state index in [2.05, 4.69) is 53.7 Å². The van der Waals surface area contributed by atoms with E-state index in [-0.39, 0.29) is 39.1 Å². The zero-order valence-electron chi connectivity index (χ0n) is 21.8. The van der Waals surface area contributed by atoms with E-state index in [9.17, 15) is 15.0 Å². The van der Waals surface area contributed by atoms with Crippen LogP contribution >= 0.6 is 0 Å². The van der Waals surface area contributed by atoms with Gasteiger partial charge in [0.25, 0.3) is 0 Å². The van der Waals surface area contributed by atoms with Crippen LogP contribution in [0.1, 0.15) is 99.3 Å². The summed E-state index contributed by atoms with van der Waals surface area (Å²) < 4.78 is 0. The molecule has 3 nitrogen and oxygen atoms in total. The van der Waals surface area contributed by atoms with Crippen molar-refractivity contribution >= 4 is 5.97 Å². The van der Waals surface area contributed by atoms with Crippen LogP contribution in [0.4, 0.5) is 0 Å². The molecule has 11 atom stereocenters. The van der Waals surface area contributed by atoms with E-state index in [0.717, 1.165) is 38.5 Å². The first-order valence-electron chi connectivity index (χ1n) is 13.9. The van der Waals surface area contributed by atoms with Crippen LogP contribution in [0.5, 0.6) is 0 Å². The zero-order chi connectivity index (χ0) is 23.8. The van der Waals surface area contributed by atoms with Gasteiger partial charge in [-0.25, -0.2) is 0 Å². The van der Waals surface area contributed by atoms with Crippen molar-refractivity contribution in [1.82, 2.24) is 0 Å². The molecule has 0 bridgehead atoms. The van der Waals surface area contributed by atoms with E-state index in [1.165, 1.54) is 19.3 Å². The van der Waals surface area contributed by atoms with E-state index < -0.39 is 11.4 Å². The summed E-state index contributed by atoms with van der Waals surface area (Å²) >= 11 is 0. The van der Waals surface area contributed by atoms with Gasteiger partial charge in [0.15, 0.2) is 0 Å². The summed E-state index contributed by atoms with van der Waals surface area (Å²) in [4.78, 5) is 12.9. The second-order valence-electron chi connectivity index (χ2n) is 14.8. The minimum atomic E-state index is -0.516. The second kappa shape index (κ2) is 6.29. The SMILES string of the molecule is C[C@H]1[C@H](C)CC[C@]2(C(=O)O)CC[C@]34C[C@]3(C=C[C@@H]3[C@@]5(C)CC[C@H](O)C(C)(C)[C@@H]5CC[C@]34C)[C@H]12. The number of aliphatic carboxylic acids is 1. The smallest absolute Gasteiger partial charge is 0.309 e. The van der Waals surface area contributed by atoms with Gasteiger partial charge in [0.05, 0.1) is 11.5 Å². The quantitative estimate of drug-likeness (QED) is 0.433. The first-order valence-corrected chi connectivity index (χ1v) is 13.9. The molecule has 6 rings (SSSR count). The summed E-state index contributed by atoms with van der Waals surface area (Å²) in [6.07, 6.45) is 14.6. The highest BCUT2D eigenvalue weighted by atomic mass is 16.4. The molecule has 0 unspecified atom stereocenters. The van der Waals surface area contributed by atoms with Crippen molar-refractivity contribution in [1.29, 1.82) is 0 Å². The summed E-state index contributed by atoms with van der Waals surface area (Å²) in [5.41, 5.74) is 0.297. The summed E-state index contributed by atoms with van der Waals surface area (Å²) in [7, 11) is 0. The van der Waals surface area contributed by atoms with Gasteiger partial charge < -0.3 is 10.2 Å². The van der Waals surface area contributed by atoms with Crippen molar-refractivity contribution in [2.45, 2.75) is 105 Å². The number of hydrogen-bond acceptors (Lipinski definition) is 2. The van der Waals surface area contributed by atoms with E-state index in [0.29, 0.717) is 23.7 Å². The minimum Gasteiger partial charge on any atom is -0.481 e. The fraction of sp³-hybridized carbons (Fsp3) is 0.900. The van der Waals surface area contributed by atoms with Crippen LogP contribution in [0.25, 0.3) is 0 Å². The minimum absolute atomic E-state index is 0.0315. The highest BCUT2D eigenvalue weighted by Crippen LogP contribution is 2.90. The molecule has 5 fully saturated rings. The van der Waals surface area contributed by atoms with Crippen LogP contribution in [0, 0.1) is 62.1 Å². The Hall–Kier alpha value is -0.830. The third-order valence-corrected chi connectivity index (χ3v) is 13.9. The number of aliphatic hydroxyl groups excluding tert-OH is 1. The number of allylic oxidation sites excluding steroid dienone is 2. The highest BCUT2D eigenvalue weighted by Gasteiger charge is 2.84. The van der Waals surface area contributed by atoms with Gasteiger partial charge in [0.1, 0.15) is 0 Å². The highest BCUT2D eigenvalue weighted by molar-refractivity contribution is 5.76. The van der Waals surface area contributed by atoms with Crippen LogP contribution in [0.15, 0.2) is 12.2 Å². The first-order chi connectivity index (χ1) is 15.3. The van der Waals surface area contributed by atoms with Gasteiger partial charge >= 0.3 is 5.97 Å². The molecule has 0 spiro atoms. The van der Waals surface area contributed by atoms with E-state index >= 15 is 0 Å². The standard InChI is InChI=1S/C30H46O3/c1-18-7-13-28(24(32)33)15-16-30-17-29(30,23(28)19(18)2)14-9-21-26(5)11-10-22(31)25(3,4)20(26)8-12-27(21,30)6/h9,14,18-23,31H,7-8,10-13,15-17H2,1-6H3,(H,32,33)/t18-,19+,20+,21-,22+,23-,26+,27-,28+,29-,30-/m1/s1. The third kappa shape index (κ3) is 2.27. The van der Waals surface area contributed by atoms with Crippen LogP contribution in [0.3, 0.4) is 0 Å². The lowest BCUT2D eigenvalue weighted by molar-refractivity contribution is -0.199. The average Bonchev–Trinajstić information content (AvgIpc) is 3.45. The predicted octanol–water partition coefficient (Wildman–Crippen LogP) is 6.70. The van der Waals surface area contributed by atoms with Crippen molar-refractivity contribution in [2.75, 3.05) is 0 Å². The Balaban J connectivity index is 1.47. The Labute approximate surface area is 200 Å². The molecule has 2 N–H and O–H groups in total. The molecule has 33 heavy (non-hydrogen) atoms. The van der Waals surface area contributed by atoms with Gasteiger partial charge in [0.2, 0.25) is 0 Å². The Kier molecular flexibility index (Phi) is 4.31. The molecule has 0 saturated heterocycles.